The van der Waals surface area contributed by atoms with E-state index < -0.39 is 5.82 Å². The van der Waals surface area contributed by atoms with E-state index in [2.05, 4.69) is 25.3 Å². The van der Waals surface area contributed by atoms with Gasteiger partial charge in [-0.25, -0.2) is 14.4 Å². The summed E-state index contributed by atoms with van der Waals surface area (Å²) in [4.78, 5) is 15.9. The first-order valence-corrected chi connectivity index (χ1v) is 8.17. The average Bonchev–Trinajstić information content (AvgIpc) is 3.12. The van der Waals surface area contributed by atoms with Crippen LogP contribution in [0.3, 0.4) is 0 Å². The Morgan fingerprint density at radius 2 is 1.92 bits per heavy atom. The van der Waals surface area contributed by atoms with E-state index >= 15 is 0 Å². The molecule has 0 atom stereocenters. The molecule has 0 saturated heterocycles. The van der Waals surface area contributed by atoms with E-state index in [4.69, 9.17) is 0 Å². The Hall–Kier alpha value is -3.48. The molecule has 0 amide bonds. The van der Waals surface area contributed by atoms with Crippen molar-refractivity contribution < 1.29 is 9.50 Å². The largest absolute Gasteiger partial charge is 0.508 e. The van der Waals surface area contributed by atoms with E-state index in [0.717, 1.165) is 23.6 Å². The second-order valence-corrected chi connectivity index (χ2v) is 5.87. The third-order valence-corrected chi connectivity index (χ3v) is 4.02. The molecule has 0 aliphatic rings. The van der Waals surface area contributed by atoms with E-state index in [1.165, 1.54) is 12.3 Å². The molecule has 0 spiro atoms. The number of rotatable bonds is 5. The summed E-state index contributed by atoms with van der Waals surface area (Å²) in [5.74, 6) is 0.896. The molecule has 4 aromatic rings. The fraction of sp³-hybridized carbons (Fsp3) is 0.105. The number of nitrogens with one attached hydrogen (secondary N) is 2. The first-order valence-electron chi connectivity index (χ1n) is 8.17. The summed E-state index contributed by atoms with van der Waals surface area (Å²) in [5.41, 5.74) is 2.29. The predicted molar refractivity (Wildman–Crippen MR) is 97.4 cm³/mol. The molecule has 3 aromatic heterocycles. The molecule has 0 fully saturated rings. The number of anilines is 1. The lowest BCUT2D eigenvalue weighted by Gasteiger charge is -2.09. The predicted octanol–water partition coefficient (Wildman–Crippen LogP) is 3.52. The van der Waals surface area contributed by atoms with Crippen molar-refractivity contribution in [1.29, 1.82) is 0 Å². The second-order valence-electron chi connectivity index (χ2n) is 5.87. The molecule has 7 heteroatoms. The number of hydrogen-bond acceptors (Lipinski definition) is 5. The number of aromatic hydroxyl groups is 1. The summed E-state index contributed by atoms with van der Waals surface area (Å²) in [6, 6.07) is 10.3. The van der Waals surface area contributed by atoms with Gasteiger partial charge in [-0.05, 0) is 36.2 Å². The molecule has 130 valence electrons. The minimum absolute atomic E-state index is 0.250. The van der Waals surface area contributed by atoms with Gasteiger partial charge in [0.15, 0.2) is 5.82 Å². The monoisotopic (exact) mass is 349 g/mol. The van der Waals surface area contributed by atoms with Crippen LogP contribution in [0.4, 0.5) is 10.2 Å². The maximum absolute atomic E-state index is 13.5. The van der Waals surface area contributed by atoms with Gasteiger partial charge >= 0.3 is 0 Å². The fourth-order valence-corrected chi connectivity index (χ4v) is 2.73. The first-order chi connectivity index (χ1) is 12.7. The molecule has 0 saturated carbocycles. The standard InChI is InChI=1S/C19H16FN5O/c20-14-9-13(10-21-11-14)17-24-18(16-6-8-23-19(16)25-17)22-7-5-12-1-3-15(26)4-2-12/h1-4,6,8-11,26H,5,7H2,(H2,22,23,24,25). The maximum Gasteiger partial charge on any atom is 0.165 e. The van der Waals surface area contributed by atoms with Gasteiger partial charge in [0.1, 0.15) is 23.0 Å². The van der Waals surface area contributed by atoms with E-state index in [9.17, 15) is 9.50 Å². The third kappa shape index (κ3) is 3.32. The zero-order valence-corrected chi connectivity index (χ0v) is 13.8. The summed E-state index contributed by atoms with van der Waals surface area (Å²) in [6.07, 6.45) is 5.24. The number of benzene rings is 1. The molecule has 0 aliphatic heterocycles. The second kappa shape index (κ2) is 6.79. The zero-order valence-electron chi connectivity index (χ0n) is 13.8. The lowest BCUT2D eigenvalue weighted by atomic mass is 10.1. The molecule has 0 aliphatic carbocycles. The number of phenols is 1. The van der Waals surface area contributed by atoms with Crippen molar-refractivity contribution in [2.24, 2.45) is 0 Å². The van der Waals surface area contributed by atoms with Crippen molar-refractivity contribution >= 4 is 16.9 Å². The molecule has 6 nitrogen and oxygen atoms in total. The molecule has 3 N–H and O–H groups in total. The van der Waals surface area contributed by atoms with Crippen LogP contribution in [0, 0.1) is 5.82 Å². The summed E-state index contributed by atoms with van der Waals surface area (Å²) >= 11 is 0. The normalized spacial score (nSPS) is 11.0. The number of halogens is 1. The van der Waals surface area contributed by atoms with E-state index in [0.29, 0.717) is 29.4 Å². The molecular formula is C19H16FN5O. The van der Waals surface area contributed by atoms with Crippen LogP contribution in [0.25, 0.3) is 22.4 Å². The Bertz CT molecular complexity index is 1050. The summed E-state index contributed by atoms with van der Waals surface area (Å²) < 4.78 is 13.5. The molecule has 4 rings (SSSR count). The molecule has 1 aromatic carbocycles. The van der Waals surface area contributed by atoms with Crippen LogP contribution in [0.15, 0.2) is 55.0 Å². The number of phenolic OH excluding ortho intramolecular Hbond substituents is 1. The van der Waals surface area contributed by atoms with Crippen molar-refractivity contribution in [3.8, 4) is 17.1 Å². The Balaban J connectivity index is 1.59. The zero-order chi connectivity index (χ0) is 17.9. The lowest BCUT2D eigenvalue weighted by Crippen LogP contribution is -2.08. The number of hydrogen-bond donors (Lipinski definition) is 3. The number of fused-ring (bicyclic) bond motifs is 1. The van der Waals surface area contributed by atoms with Gasteiger partial charge in [-0.1, -0.05) is 12.1 Å². The number of H-pyrrole nitrogens is 1. The van der Waals surface area contributed by atoms with Crippen LogP contribution < -0.4 is 5.32 Å². The number of pyridine rings is 1. The van der Waals surface area contributed by atoms with E-state index in [-0.39, 0.29) is 5.75 Å². The Labute approximate surface area is 148 Å². The topological polar surface area (TPSA) is 86.7 Å². The first kappa shape index (κ1) is 16.0. The van der Waals surface area contributed by atoms with Gasteiger partial charge in [0, 0.05) is 24.5 Å². The van der Waals surface area contributed by atoms with Gasteiger partial charge < -0.3 is 15.4 Å². The van der Waals surface area contributed by atoms with Crippen molar-refractivity contribution in [3.05, 3.63) is 66.4 Å². The highest BCUT2D eigenvalue weighted by molar-refractivity contribution is 5.88. The fourth-order valence-electron chi connectivity index (χ4n) is 2.73. The number of aromatic nitrogens is 4. The number of aromatic amines is 1. The summed E-state index contributed by atoms with van der Waals surface area (Å²) in [7, 11) is 0. The van der Waals surface area contributed by atoms with Crippen molar-refractivity contribution in [2.45, 2.75) is 6.42 Å². The molecule has 0 bridgehead atoms. The summed E-state index contributed by atoms with van der Waals surface area (Å²) in [5, 5.41) is 13.5. The Morgan fingerprint density at radius 1 is 1.08 bits per heavy atom. The Morgan fingerprint density at radius 3 is 2.73 bits per heavy atom. The van der Waals surface area contributed by atoms with Gasteiger partial charge in [0.05, 0.1) is 11.6 Å². The highest BCUT2D eigenvalue weighted by Crippen LogP contribution is 2.24. The van der Waals surface area contributed by atoms with E-state index in [1.807, 2.05) is 18.2 Å². The van der Waals surface area contributed by atoms with Crippen molar-refractivity contribution in [1.82, 2.24) is 19.9 Å². The van der Waals surface area contributed by atoms with Gasteiger partial charge in [0.25, 0.3) is 0 Å². The van der Waals surface area contributed by atoms with Gasteiger partial charge in [0.2, 0.25) is 0 Å². The molecular weight excluding hydrogens is 333 g/mol. The average molecular weight is 349 g/mol. The van der Waals surface area contributed by atoms with Gasteiger partial charge in [-0.2, -0.15) is 0 Å². The van der Waals surface area contributed by atoms with E-state index in [1.54, 1.807) is 18.3 Å². The minimum atomic E-state index is -0.431. The van der Waals surface area contributed by atoms with Crippen LogP contribution in [0.1, 0.15) is 5.56 Å². The highest BCUT2D eigenvalue weighted by atomic mass is 19.1. The summed E-state index contributed by atoms with van der Waals surface area (Å²) in [6.45, 7) is 0.656. The minimum Gasteiger partial charge on any atom is -0.508 e. The Kier molecular flexibility index (Phi) is 4.18. The quantitative estimate of drug-likeness (QED) is 0.513. The SMILES string of the molecule is Oc1ccc(CCNc2nc(-c3cncc(F)c3)nc3[nH]ccc23)cc1. The molecule has 0 unspecified atom stereocenters. The molecule has 0 radical (unpaired) electrons. The highest BCUT2D eigenvalue weighted by Gasteiger charge is 2.11. The van der Waals surface area contributed by atoms with Crippen LogP contribution in [-0.4, -0.2) is 31.6 Å². The van der Waals surface area contributed by atoms with Gasteiger partial charge in [-0.15, -0.1) is 0 Å². The maximum atomic E-state index is 13.5. The van der Waals surface area contributed by atoms with Crippen LogP contribution in [0.2, 0.25) is 0 Å². The van der Waals surface area contributed by atoms with Crippen LogP contribution in [-0.2, 0) is 6.42 Å². The lowest BCUT2D eigenvalue weighted by molar-refractivity contribution is 0.475. The van der Waals surface area contributed by atoms with Crippen molar-refractivity contribution in [2.75, 3.05) is 11.9 Å². The number of nitrogens with zero attached hydrogens (tertiary/aromatic N) is 3. The smallest absolute Gasteiger partial charge is 0.165 e. The van der Waals surface area contributed by atoms with Crippen LogP contribution >= 0.6 is 0 Å². The van der Waals surface area contributed by atoms with Gasteiger partial charge in [-0.3, -0.25) is 4.98 Å². The molecule has 26 heavy (non-hydrogen) atoms. The van der Waals surface area contributed by atoms with Crippen molar-refractivity contribution in [3.63, 3.8) is 0 Å². The van der Waals surface area contributed by atoms with Crippen LogP contribution in [0.5, 0.6) is 5.75 Å². The molecule has 3 heterocycles. The third-order valence-electron chi connectivity index (χ3n) is 4.02.